The molecular weight excluding hydrogens is 446 g/mol. The number of anilines is 1. The molecule has 0 saturated carbocycles. The number of carbonyl (C=O) groups is 1. The van der Waals surface area contributed by atoms with Crippen LogP contribution in [0.4, 0.5) is 5.69 Å². The largest absolute Gasteiger partial charge is 0.411 e. The molecule has 3 aromatic rings. The van der Waals surface area contributed by atoms with Gasteiger partial charge in [-0.25, -0.2) is 8.42 Å². The van der Waals surface area contributed by atoms with E-state index in [0.29, 0.717) is 33.9 Å². The number of Topliss-reactive ketones (excluding diaryl/α,β-unsaturated/α-hetero) is 1. The first kappa shape index (κ1) is 20.9. The lowest BCUT2D eigenvalue weighted by Crippen LogP contribution is -2.34. The van der Waals surface area contributed by atoms with Crippen molar-refractivity contribution in [3.05, 3.63) is 58.6 Å². The van der Waals surface area contributed by atoms with E-state index in [0.717, 1.165) is 35.7 Å². The average Bonchev–Trinajstić information content (AvgIpc) is 3.20. The predicted octanol–water partition coefficient (Wildman–Crippen LogP) is 4.08. The normalized spacial score (nSPS) is 13.9. The minimum absolute atomic E-state index is 0.0921. The molecule has 0 unspecified atom stereocenters. The Balaban J connectivity index is 1.44. The molecule has 0 fully saturated rings. The summed E-state index contributed by atoms with van der Waals surface area (Å²) in [6.07, 6.45) is 2.66. The Morgan fingerprint density at radius 1 is 1.20 bits per heavy atom. The summed E-state index contributed by atoms with van der Waals surface area (Å²) >= 11 is 7.04. The summed E-state index contributed by atoms with van der Waals surface area (Å²) in [5.74, 6) is 0.401. The molecule has 1 aliphatic rings. The summed E-state index contributed by atoms with van der Waals surface area (Å²) in [6.45, 7) is 0.460. The van der Waals surface area contributed by atoms with E-state index in [1.165, 1.54) is 10.6 Å². The molecule has 0 amide bonds. The van der Waals surface area contributed by atoms with Gasteiger partial charge in [-0.3, -0.25) is 9.10 Å². The topological polar surface area (TPSA) is 93.4 Å². The van der Waals surface area contributed by atoms with Gasteiger partial charge in [-0.1, -0.05) is 23.4 Å². The molecule has 4 rings (SSSR count). The fourth-order valence-corrected chi connectivity index (χ4v) is 5.05. The maximum absolute atomic E-state index is 12.6. The smallest absolute Gasteiger partial charge is 0.277 e. The second kappa shape index (κ2) is 8.41. The van der Waals surface area contributed by atoms with Crippen molar-refractivity contribution < 1.29 is 17.6 Å². The summed E-state index contributed by atoms with van der Waals surface area (Å²) < 4.78 is 31.0. The molecule has 156 valence electrons. The van der Waals surface area contributed by atoms with Crippen LogP contribution >= 0.6 is 23.4 Å². The third kappa shape index (κ3) is 4.53. The van der Waals surface area contributed by atoms with Crippen molar-refractivity contribution in [2.45, 2.75) is 18.1 Å². The molecular formula is C20H18ClN3O4S2. The zero-order valence-corrected chi connectivity index (χ0v) is 18.4. The van der Waals surface area contributed by atoms with Crippen molar-refractivity contribution >= 4 is 44.9 Å². The number of ketones is 1. The highest BCUT2D eigenvalue weighted by molar-refractivity contribution is 7.99. The van der Waals surface area contributed by atoms with Crippen LogP contribution in [0.25, 0.3) is 11.5 Å². The number of aromatic nitrogens is 2. The fraction of sp³-hybridized carbons (Fsp3) is 0.250. The van der Waals surface area contributed by atoms with Crippen LogP contribution in [0.3, 0.4) is 0 Å². The number of sulfonamides is 1. The van der Waals surface area contributed by atoms with Gasteiger partial charge in [0.1, 0.15) is 0 Å². The van der Waals surface area contributed by atoms with Crippen molar-refractivity contribution in [1.29, 1.82) is 0 Å². The zero-order chi connectivity index (χ0) is 21.3. The number of aryl methyl sites for hydroxylation is 1. The maximum Gasteiger partial charge on any atom is 0.277 e. The first-order valence-electron chi connectivity index (χ1n) is 9.17. The molecule has 0 N–H and O–H groups in total. The van der Waals surface area contributed by atoms with Gasteiger partial charge in [0.05, 0.1) is 17.7 Å². The van der Waals surface area contributed by atoms with Crippen molar-refractivity contribution in [1.82, 2.24) is 10.2 Å². The summed E-state index contributed by atoms with van der Waals surface area (Å²) in [7, 11) is -3.33. The molecule has 1 aliphatic heterocycles. The number of hydrogen-bond donors (Lipinski definition) is 0. The van der Waals surface area contributed by atoms with Crippen LogP contribution < -0.4 is 4.31 Å². The van der Waals surface area contributed by atoms with Gasteiger partial charge in [-0.05, 0) is 60.9 Å². The number of fused-ring (bicyclic) bond motifs is 1. The van der Waals surface area contributed by atoms with Crippen LogP contribution in [0.1, 0.15) is 22.3 Å². The van der Waals surface area contributed by atoms with Crippen LogP contribution in [0, 0.1) is 0 Å². The van der Waals surface area contributed by atoms with Gasteiger partial charge in [-0.15, -0.1) is 10.2 Å². The zero-order valence-electron chi connectivity index (χ0n) is 16.0. The standard InChI is InChI=1S/C20H18ClN3O4S2/c1-30(26,27)24-10-2-3-14-11-15(6-9-17(14)24)18(25)12-29-20-23-22-19(28-20)13-4-7-16(21)8-5-13/h4-9,11H,2-3,10,12H2,1H3. The average molecular weight is 464 g/mol. The number of hydrogen-bond acceptors (Lipinski definition) is 7. The molecule has 10 heteroatoms. The monoisotopic (exact) mass is 463 g/mol. The minimum atomic E-state index is -3.33. The quantitative estimate of drug-likeness (QED) is 0.401. The van der Waals surface area contributed by atoms with Crippen molar-refractivity contribution in [2.75, 3.05) is 22.9 Å². The third-order valence-electron chi connectivity index (χ3n) is 4.70. The van der Waals surface area contributed by atoms with E-state index in [4.69, 9.17) is 16.0 Å². The van der Waals surface area contributed by atoms with Gasteiger partial charge in [0.2, 0.25) is 15.9 Å². The van der Waals surface area contributed by atoms with E-state index in [1.807, 2.05) is 0 Å². The van der Waals surface area contributed by atoms with Crippen LogP contribution in [-0.4, -0.2) is 43.0 Å². The van der Waals surface area contributed by atoms with Gasteiger partial charge in [0.25, 0.3) is 5.22 Å². The van der Waals surface area contributed by atoms with E-state index in [1.54, 1.807) is 42.5 Å². The Morgan fingerprint density at radius 3 is 2.70 bits per heavy atom. The van der Waals surface area contributed by atoms with Crippen LogP contribution in [-0.2, 0) is 16.4 Å². The fourth-order valence-electron chi connectivity index (χ4n) is 3.27. The molecule has 0 saturated heterocycles. The number of thioether (sulfide) groups is 1. The van der Waals surface area contributed by atoms with E-state index in [-0.39, 0.29) is 11.5 Å². The lowest BCUT2D eigenvalue weighted by atomic mass is 9.99. The predicted molar refractivity (Wildman–Crippen MR) is 117 cm³/mol. The van der Waals surface area contributed by atoms with E-state index < -0.39 is 10.0 Å². The Bertz CT molecular complexity index is 1190. The number of nitrogens with zero attached hydrogens (tertiary/aromatic N) is 3. The first-order chi connectivity index (χ1) is 14.3. The molecule has 0 aliphatic carbocycles. The number of halogens is 1. The molecule has 2 aromatic carbocycles. The van der Waals surface area contributed by atoms with E-state index >= 15 is 0 Å². The summed E-state index contributed by atoms with van der Waals surface area (Å²) in [5, 5.41) is 8.89. The number of rotatable bonds is 6. The second-order valence-corrected chi connectivity index (χ2v) is 10.1. The molecule has 0 bridgehead atoms. The first-order valence-corrected chi connectivity index (χ1v) is 12.4. The maximum atomic E-state index is 12.6. The Kier molecular flexibility index (Phi) is 5.86. The Hall–Kier alpha value is -2.36. The molecule has 0 radical (unpaired) electrons. The van der Waals surface area contributed by atoms with Crippen molar-refractivity contribution in [3.8, 4) is 11.5 Å². The summed E-state index contributed by atoms with van der Waals surface area (Å²) in [6, 6.07) is 12.2. The lowest BCUT2D eigenvalue weighted by molar-refractivity contribution is 0.102. The van der Waals surface area contributed by atoms with E-state index in [9.17, 15) is 13.2 Å². The van der Waals surface area contributed by atoms with Gasteiger partial charge >= 0.3 is 0 Å². The SMILES string of the molecule is CS(=O)(=O)N1CCCc2cc(C(=O)CSc3nnc(-c4ccc(Cl)cc4)o3)ccc21. The molecule has 30 heavy (non-hydrogen) atoms. The molecule has 1 aromatic heterocycles. The highest BCUT2D eigenvalue weighted by atomic mass is 35.5. The lowest BCUT2D eigenvalue weighted by Gasteiger charge is -2.29. The van der Waals surface area contributed by atoms with Gasteiger partial charge in [-0.2, -0.15) is 0 Å². The number of benzene rings is 2. The molecule has 0 atom stereocenters. The van der Waals surface area contributed by atoms with Gasteiger partial charge < -0.3 is 4.42 Å². The van der Waals surface area contributed by atoms with Crippen molar-refractivity contribution in [2.24, 2.45) is 0 Å². The summed E-state index contributed by atoms with van der Waals surface area (Å²) in [4.78, 5) is 12.6. The van der Waals surface area contributed by atoms with Crippen molar-refractivity contribution in [3.63, 3.8) is 0 Å². The van der Waals surface area contributed by atoms with Crippen LogP contribution in [0.5, 0.6) is 0 Å². The third-order valence-corrected chi connectivity index (χ3v) is 6.95. The van der Waals surface area contributed by atoms with E-state index in [2.05, 4.69) is 10.2 Å². The molecule has 0 spiro atoms. The van der Waals surface area contributed by atoms with Gasteiger partial charge in [0.15, 0.2) is 5.78 Å². The minimum Gasteiger partial charge on any atom is -0.411 e. The Labute approximate surface area is 183 Å². The van der Waals surface area contributed by atoms with Crippen LogP contribution in [0.15, 0.2) is 52.1 Å². The number of carbonyl (C=O) groups excluding carboxylic acids is 1. The second-order valence-electron chi connectivity index (χ2n) is 6.87. The molecule has 2 heterocycles. The molecule has 7 nitrogen and oxygen atoms in total. The highest BCUT2D eigenvalue weighted by Gasteiger charge is 2.24. The Morgan fingerprint density at radius 2 is 1.97 bits per heavy atom. The van der Waals surface area contributed by atoms with Gasteiger partial charge in [0, 0.05) is 22.7 Å². The van der Waals surface area contributed by atoms with Crippen LogP contribution in [0.2, 0.25) is 5.02 Å². The highest BCUT2D eigenvalue weighted by Crippen LogP contribution is 2.31. The summed E-state index contributed by atoms with van der Waals surface area (Å²) in [5.41, 5.74) is 2.80.